The summed E-state index contributed by atoms with van der Waals surface area (Å²) in [7, 11) is 0. The normalized spacial score (nSPS) is 12.2. The quantitative estimate of drug-likeness (QED) is 0.731. The number of hydrogen-bond donors (Lipinski definition) is 2. The summed E-state index contributed by atoms with van der Waals surface area (Å²) < 4.78 is 5.56. The van der Waals surface area contributed by atoms with Crippen molar-refractivity contribution in [1.82, 2.24) is 10.2 Å². The van der Waals surface area contributed by atoms with Crippen molar-refractivity contribution in [1.29, 1.82) is 0 Å². The number of benzene rings is 1. The fourth-order valence-corrected chi connectivity index (χ4v) is 3.09. The maximum absolute atomic E-state index is 12.3. The third kappa shape index (κ3) is 5.10. The molecule has 0 radical (unpaired) electrons. The van der Waals surface area contributed by atoms with E-state index in [1.165, 1.54) is 0 Å². The molecule has 25 heavy (non-hydrogen) atoms. The van der Waals surface area contributed by atoms with E-state index in [2.05, 4.69) is 29.4 Å². The Balaban J connectivity index is 1.93. The van der Waals surface area contributed by atoms with Gasteiger partial charge in [-0.1, -0.05) is 32.0 Å². The second-order valence-corrected chi connectivity index (χ2v) is 6.18. The number of carbonyl (C=O) groups excluding carboxylic acids is 1. The highest BCUT2D eigenvalue weighted by atomic mass is 16.3. The smallest absolute Gasteiger partial charge is 0.239 e. The van der Waals surface area contributed by atoms with Crippen LogP contribution in [-0.2, 0) is 4.79 Å². The first-order chi connectivity index (χ1) is 12.1. The average molecular weight is 343 g/mol. The Morgan fingerprint density at radius 3 is 2.36 bits per heavy atom. The summed E-state index contributed by atoms with van der Waals surface area (Å²) in [6.07, 6.45) is 1.68. The zero-order chi connectivity index (χ0) is 18.2. The summed E-state index contributed by atoms with van der Waals surface area (Å²) in [4.78, 5) is 14.6. The Morgan fingerprint density at radius 1 is 1.12 bits per heavy atom. The number of likely N-dealkylation sites (N-methyl/N-ethyl adjacent to an activating group) is 1. The standard InChI is InChI=1S/C20H29N3O2/c1-5-23(6-2)17(18-11-8-12-25-18)13-21-19(24)14-22-20-15(3)9-7-10-16(20)4/h7-12,17,22H,5-6,13-14H2,1-4H3,(H,21,24). The van der Waals surface area contributed by atoms with E-state index in [0.29, 0.717) is 6.54 Å². The predicted octanol–water partition coefficient (Wildman–Crippen LogP) is 3.51. The Bertz CT molecular complexity index is 643. The number of hydrogen-bond acceptors (Lipinski definition) is 4. The second-order valence-electron chi connectivity index (χ2n) is 6.18. The Kier molecular flexibility index (Phi) is 7.07. The maximum Gasteiger partial charge on any atom is 0.239 e. The van der Waals surface area contributed by atoms with Crippen LogP contribution in [-0.4, -0.2) is 37.0 Å². The number of amides is 1. The number of nitrogens with one attached hydrogen (secondary N) is 2. The van der Waals surface area contributed by atoms with E-state index in [1.54, 1.807) is 6.26 Å². The van der Waals surface area contributed by atoms with Crippen molar-refractivity contribution in [3.63, 3.8) is 0 Å². The van der Waals surface area contributed by atoms with Crippen molar-refractivity contribution in [2.75, 3.05) is 31.5 Å². The lowest BCUT2D eigenvalue weighted by Crippen LogP contribution is -2.39. The first-order valence-electron chi connectivity index (χ1n) is 8.91. The minimum absolute atomic E-state index is 0.0219. The SMILES string of the molecule is CCN(CC)C(CNC(=O)CNc1c(C)cccc1C)c1ccco1. The predicted molar refractivity (Wildman–Crippen MR) is 102 cm³/mol. The molecule has 0 saturated carbocycles. The van der Waals surface area contributed by atoms with Gasteiger partial charge in [0.25, 0.3) is 0 Å². The highest BCUT2D eigenvalue weighted by molar-refractivity contribution is 5.81. The molecule has 0 aliphatic rings. The summed E-state index contributed by atoms with van der Waals surface area (Å²) in [6, 6.07) is 10.0. The van der Waals surface area contributed by atoms with Gasteiger partial charge in [0.05, 0.1) is 18.8 Å². The number of rotatable bonds is 9. The minimum Gasteiger partial charge on any atom is -0.468 e. The largest absolute Gasteiger partial charge is 0.468 e. The number of furan rings is 1. The van der Waals surface area contributed by atoms with E-state index < -0.39 is 0 Å². The number of para-hydroxylation sites is 1. The molecule has 5 heteroatoms. The van der Waals surface area contributed by atoms with Crippen LogP contribution in [0.15, 0.2) is 41.0 Å². The molecule has 2 N–H and O–H groups in total. The zero-order valence-corrected chi connectivity index (χ0v) is 15.6. The van der Waals surface area contributed by atoms with Crippen molar-refractivity contribution in [3.05, 3.63) is 53.5 Å². The van der Waals surface area contributed by atoms with Crippen LogP contribution in [0.25, 0.3) is 0 Å². The van der Waals surface area contributed by atoms with Gasteiger partial charge in [0.2, 0.25) is 5.91 Å². The summed E-state index contributed by atoms with van der Waals surface area (Å²) in [5, 5.41) is 6.27. The van der Waals surface area contributed by atoms with Crippen LogP contribution in [0.4, 0.5) is 5.69 Å². The van der Waals surface area contributed by atoms with Crippen LogP contribution in [0.1, 0.15) is 36.8 Å². The molecule has 1 unspecified atom stereocenters. The third-order valence-corrected chi connectivity index (χ3v) is 4.52. The highest BCUT2D eigenvalue weighted by Gasteiger charge is 2.21. The molecule has 0 spiro atoms. The van der Waals surface area contributed by atoms with Gasteiger partial charge in [-0.15, -0.1) is 0 Å². The molecule has 2 aromatic rings. The van der Waals surface area contributed by atoms with Gasteiger partial charge in [-0.25, -0.2) is 0 Å². The molecule has 0 saturated heterocycles. The number of aryl methyl sites for hydroxylation is 2. The topological polar surface area (TPSA) is 57.5 Å². The average Bonchev–Trinajstić information content (AvgIpc) is 3.12. The molecular formula is C20H29N3O2. The summed E-state index contributed by atoms with van der Waals surface area (Å²) in [5.41, 5.74) is 3.32. The molecular weight excluding hydrogens is 314 g/mol. The molecule has 1 heterocycles. The Morgan fingerprint density at radius 2 is 1.80 bits per heavy atom. The lowest BCUT2D eigenvalue weighted by Gasteiger charge is -2.28. The van der Waals surface area contributed by atoms with Gasteiger partial charge < -0.3 is 15.1 Å². The van der Waals surface area contributed by atoms with Gasteiger partial charge >= 0.3 is 0 Å². The molecule has 0 fully saturated rings. The molecule has 2 rings (SSSR count). The van der Waals surface area contributed by atoms with E-state index in [-0.39, 0.29) is 18.5 Å². The van der Waals surface area contributed by atoms with Gasteiger partial charge in [0.15, 0.2) is 0 Å². The third-order valence-electron chi connectivity index (χ3n) is 4.52. The lowest BCUT2D eigenvalue weighted by atomic mass is 10.1. The van der Waals surface area contributed by atoms with Crippen LogP contribution in [0.5, 0.6) is 0 Å². The fraction of sp³-hybridized carbons (Fsp3) is 0.450. The van der Waals surface area contributed by atoms with Crippen LogP contribution in [0.3, 0.4) is 0 Å². The van der Waals surface area contributed by atoms with Crippen LogP contribution < -0.4 is 10.6 Å². The monoisotopic (exact) mass is 343 g/mol. The van der Waals surface area contributed by atoms with Crippen molar-refractivity contribution in [3.8, 4) is 0 Å². The highest BCUT2D eigenvalue weighted by Crippen LogP contribution is 2.21. The van der Waals surface area contributed by atoms with E-state index >= 15 is 0 Å². The second kappa shape index (κ2) is 9.28. The van der Waals surface area contributed by atoms with E-state index in [4.69, 9.17) is 4.42 Å². The van der Waals surface area contributed by atoms with Gasteiger partial charge in [-0.2, -0.15) is 0 Å². The zero-order valence-electron chi connectivity index (χ0n) is 15.6. The van der Waals surface area contributed by atoms with E-state index in [1.807, 2.05) is 44.2 Å². The molecule has 1 amide bonds. The lowest BCUT2D eigenvalue weighted by molar-refractivity contribution is -0.119. The van der Waals surface area contributed by atoms with Crippen LogP contribution in [0, 0.1) is 13.8 Å². The van der Waals surface area contributed by atoms with Crippen molar-refractivity contribution < 1.29 is 9.21 Å². The van der Waals surface area contributed by atoms with E-state index in [0.717, 1.165) is 35.7 Å². The van der Waals surface area contributed by atoms with E-state index in [9.17, 15) is 4.79 Å². The maximum atomic E-state index is 12.3. The number of nitrogens with zero attached hydrogens (tertiary/aromatic N) is 1. The fourth-order valence-electron chi connectivity index (χ4n) is 3.09. The first kappa shape index (κ1) is 19.1. The Hall–Kier alpha value is -2.27. The van der Waals surface area contributed by atoms with Crippen molar-refractivity contribution in [2.24, 2.45) is 0 Å². The molecule has 0 bridgehead atoms. The molecule has 0 aliphatic carbocycles. The molecule has 1 aromatic heterocycles. The first-order valence-corrected chi connectivity index (χ1v) is 8.91. The molecule has 1 aromatic carbocycles. The van der Waals surface area contributed by atoms with Crippen LogP contribution >= 0.6 is 0 Å². The number of carbonyl (C=O) groups is 1. The van der Waals surface area contributed by atoms with Gasteiger partial charge in [0, 0.05) is 12.2 Å². The molecule has 136 valence electrons. The summed E-state index contributed by atoms with van der Waals surface area (Å²) in [6.45, 7) is 10.9. The molecule has 5 nitrogen and oxygen atoms in total. The number of anilines is 1. The van der Waals surface area contributed by atoms with Gasteiger partial charge in [-0.3, -0.25) is 9.69 Å². The van der Waals surface area contributed by atoms with Gasteiger partial charge in [-0.05, 0) is 50.2 Å². The van der Waals surface area contributed by atoms with Gasteiger partial charge in [0.1, 0.15) is 5.76 Å². The summed E-state index contributed by atoms with van der Waals surface area (Å²) >= 11 is 0. The molecule has 0 aliphatic heterocycles. The van der Waals surface area contributed by atoms with Crippen molar-refractivity contribution in [2.45, 2.75) is 33.7 Å². The molecule has 1 atom stereocenters. The minimum atomic E-state index is -0.0219. The summed E-state index contributed by atoms with van der Waals surface area (Å²) in [5.74, 6) is 0.859. The Labute approximate surface area is 150 Å². The van der Waals surface area contributed by atoms with Crippen molar-refractivity contribution >= 4 is 11.6 Å². The van der Waals surface area contributed by atoms with Crippen LogP contribution in [0.2, 0.25) is 0 Å².